The van der Waals surface area contributed by atoms with E-state index in [4.69, 9.17) is 5.73 Å². The van der Waals surface area contributed by atoms with Crippen molar-refractivity contribution < 1.29 is 4.79 Å². The number of rotatable bonds is 1. The number of nitrogens with two attached hydrogens (primary N) is 1. The lowest BCUT2D eigenvalue weighted by Crippen LogP contribution is -2.56. The summed E-state index contributed by atoms with van der Waals surface area (Å²) in [5.41, 5.74) is 5.10. The summed E-state index contributed by atoms with van der Waals surface area (Å²) in [4.78, 5) is 13.5. The molecular formula is C9H17Cl2N2O. The largest absolute Gasteiger partial charge is 0.368 e. The van der Waals surface area contributed by atoms with Crippen molar-refractivity contribution >= 4 is 30.7 Å². The van der Waals surface area contributed by atoms with Gasteiger partial charge in [0.15, 0.2) is 0 Å². The van der Waals surface area contributed by atoms with E-state index >= 15 is 0 Å². The second-order valence-electron chi connectivity index (χ2n) is 3.93. The molecule has 2 atom stereocenters. The lowest BCUT2D eigenvalue weighted by Gasteiger charge is -2.39. The van der Waals surface area contributed by atoms with Gasteiger partial charge in [-0.1, -0.05) is 0 Å². The fourth-order valence-corrected chi connectivity index (χ4v) is 2.56. The lowest BCUT2D eigenvalue weighted by molar-refractivity contribution is -0.129. The van der Waals surface area contributed by atoms with Gasteiger partial charge in [0.1, 0.15) is 5.54 Å². The molecule has 2 bridgehead atoms. The quantitative estimate of drug-likeness (QED) is 0.747. The average Bonchev–Trinajstić information content (AvgIpc) is 2.28. The van der Waals surface area contributed by atoms with Gasteiger partial charge in [-0.05, 0) is 39.2 Å². The fourth-order valence-electron chi connectivity index (χ4n) is 2.56. The SMILES string of the molecule is CN1C2C[CH]CC1(C(N)=O)CC2.Cl.Cl. The Morgan fingerprint density at radius 3 is 2.71 bits per heavy atom. The van der Waals surface area contributed by atoms with Gasteiger partial charge in [0, 0.05) is 6.04 Å². The van der Waals surface area contributed by atoms with Crippen molar-refractivity contribution in [3.05, 3.63) is 6.42 Å². The van der Waals surface area contributed by atoms with Gasteiger partial charge in [-0.25, -0.2) is 0 Å². The molecule has 2 heterocycles. The van der Waals surface area contributed by atoms with Crippen LogP contribution in [-0.4, -0.2) is 29.4 Å². The molecule has 1 amide bonds. The molecule has 1 radical (unpaired) electrons. The van der Waals surface area contributed by atoms with Crippen molar-refractivity contribution in [2.75, 3.05) is 7.05 Å². The molecular weight excluding hydrogens is 223 g/mol. The van der Waals surface area contributed by atoms with E-state index in [1.165, 1.54) is 0 Å². The van der Waals surface area contributed by atoms with E-state index in [1.54, 1.807) is 0 Å². The first-order valence-electron chi connectivity index (χ1n) is 4.51. The molecule has 2 saturated heterocycles. The van der Waals surface area contributed by atoms with E-state index in [9.17, 15) is 4.79 Å². The number of halogens is 2. The third-order valence-corrected chi connectivity index (χ3v) is 3.49. The molecule has 2 N–H and O–H groups in total. The first kappa shape index (κ1) is 14.0. The van der Waals surface area contributed by atoms with Gasteiger partial charge in [-0.2, -0.15) is 0 Å². The fraction of sp³-hybridized carbons (Fsp3) is 0.778. The standard InChI is InChI=1S/C9H15N2O.2ClH/c1-11-7-3-2-5-9(11,6-4-7)8(10)12;;/h2,7H,3-6H2,1H3,(H2,10,12);2*1H. The zero-order chi connectivity index (χ0) is 8.77. The maximum atomic E-state index is 11.3. The first-order valence-corrected chi connectivity index (χ1v) is 4.51. The molecule has 0 aromatic rings. The molecule has 14 heavy (non-hydrogen) atoms. The number of carbonyl (C=O) groups is 1. The normalized spacial score (nSPS) is 35.6. The van der Waals surface area contributed by atoms with Gasteiger partial charge >= 0.3 is 0 Å². The van der Waals surface area contributed by atoms with Crippen LogP contribution in [0.5, 0.6) is 0 Å². The molecule has 0 aromatic carbocycles. The molecule has 0 aliphatic carbocycles. The molecule has 0 aromatic heterocycles. The van der Waals surface area contributed by atoms with Crippen LogP contribution < -0.4 is 5.73 Å². The van der Waals surface area contributed by atoms with E-state index in [2.05, 4.69) is 11.3 Å². The van der Waals surface area contributed by atoms with Gasteiger partial charge in [-0.3, -0.25) is 9.69 Å². The van der Waals surface area contributed by atoms with Crippen LogP contribution in [0.15, 0.2) is 0 Å². The van der Waals surface area contributed by atoms with Crippen LogP contribution >= 0.6 is 24.8 Å². The predicted molar refractivity (Wildman–Crippen MR) is 60.7 cm³/mol. The number of nitrogens with zero attached hydrogens (tertiary/aromatic N) is 1. The van der Waals surface area contributed by atoms with E-state index < -0.39 is 0 Å². The van der Waals surface area contributed by atoms with Crippen LogP contribution in [0.1, 0.15) is 25.7 Å². The molecule has 2 unspecified atom stereocenters. The molecule has 0 saturated carbocycles. The summed E-state index contributed by atoms with van der Waals surface area (Å²) in [6, 6.07) is 0.561. The Morgan fingerprint density at radius 2 is 2.21 bits per heavy atom. The third kappa shape index (κ3) is 1.73. The monoisotopic (exact) mass is 239 g/mol. The van der Waals surface area contributed by atoms with Gasteiger partial charge in [-0.15, -0.1) is 24.8 Å². The highest BCUT2D eigenvalue weighted by molar-refractivity contribution is 5.86. The van der Waals surface area contributed by atoms with Crippen LogP contribution in [0.2, 0.25) is 0 Å². The molecule has 5 heteroatoms. The van der Waals surface area contributed by atoms with Crippen molar-refractivity contribution in [2.24, 2.45) is 5.73 Å². The van der Waals surface area contributed by atoms with Crippen molar-refractivity contribution in [1.82, 2.24) is 4.90 Å². The number of likely N-dealkylation sites (N-methyl/N-ethyl adjacent to an activating group) is 1. The molecule has 2 rings (SSSR count). The Balaban J connectivity index is 0.000000845. The predicted octanol–water partition coefficient (Wildman–Crippen LogP) is 1.15. The Bertz CT molecular complexity index is 221. The number of carbonyl (C=O) groups excluding carboxylic acids is 1. The molecule has 2 fully saturated rings. The van der Waals surface area contributed by atoms with Crippen molar-refractivity contribution in [2.45, 2.75) is 37.3 Å². The van der Waals surface area contributed by atoms with E-state index in [1.807, 2.05) is 7.05 Å². The topological polar surface area (TPSA) is 46.3 Å². The second-order valence-corrected chi connectivity index (χ2v) is 3.93. The molecule has 2 aliphatic rings. The second kappa shape index (κ2) is 4.69. The number of primary amides is 1. The van der Waals surface area contributed by atoms with Gasteiger partial charge < -0.3 is 5.73 Å². The Kier molecular flexibility index (Phi) is 4.69. The number of piperidine rings is 1. The van der Waals surface area contributed by atoms with E-state index in [-0.39, 0.29) is 36.3 Å². The highest BCUT2D eigenvalue weighted by Crippen LogP contribution is 2.42. The van der Waals surface area contributed by atoms with E-state index in [0.29, 0.717) is 6.04 Å². The maximum Gasteiger partial charge on any atom is 0.237 e. The van der Waals surface area contributed by atoms with Crippen molar-refractivity contribution in [1.29, 1.82) is 0 Å². The number of amides is 1. The Labute approximate surface area is 97.2 Å². The molecule has 0 spiro atoms. The number of hydrogen-bond donors (Lipinski definition) is 1. The zero-order valence-electron chi connectivity index (χ0n) is 8.23. The van der Waals surface area contributed by atoms with Crippen LogP contribution in [0, 0.1) is 6.42 Å². The van der Waals surface area contributed by atoms with Gasteiger partial charge in [0.25, 0.3) is 0 Å². The molecule has 83 valence electrons. The minimum Gasteiger partial charge on any atom is -0.368 e. The minimum absolute atomic E-state index is 0. The van der Waals surface area contributed by atoms with Crippen molar-refractivity contribution in [3.63, 3.8) is 0 Å². The first-order chi connectivity index (χ1) is 5.67. The summed E-state index contributed by atoms with van der Waals surface area (Å²) in [5.74, 6) is -0.150. The smallest absolute Gasteiger partial charge is 0.237 e. The van der Waals surface area contributed by atoms with Gasteiger partial charge in [0.05, 0.1) is 0 Å². The maximum absolute atomic E-state index is 11.3. The highest BCUT2D eigenvalue weighted by Gasteiger charge is 2.50. The highest BCUT2D eigenvalue weighted by atomic mass is 35.5. The summed E-state index contributed by atoms with van der Waals surface area (Å²) in [6.45, 7) is 0. The van der Waals surface area contributed by atoms with Gasteiger partial charge in [0.2, 0.25) is 5.91 Å². The Morgan fingerprint density at radius 1 is 1.57 bits per heavy atom. The summed E-state index contributed by atoms with van der Waals surface area (Å²) in [5, 5.41) is 0. The van der Waals surface area contributed by atoms with Crippen LogP contribution in [0.4, 0.5) is 0 Å². The van der Waals surface area contributed by atoms with Crippen LogP contribution in [0.3, 0.4) is 0 Å². The summed E-state index contributed by atoms with van der Waals surface area (Å²) in [7, 11) is 2.02. The lowest BCUT2D eigenvalue weighted by atomic mass is 9.88. The van der Waals surface area contributed by atoms with Crippen LogP contribution in [0.25, 0.3) is 0 Å². The molecule has 3 nitrogen and oxygen atoms in total. The summed E-state index contributed by atoms with van der Waals surface area (Å²) < 4.78 is 0. The molecule has 2 aliphatic heterocycles. The zero-order valence-corrected chi connectivity index (χ0v) is 9.87. The number of fused-ring (bicyclic) bond motifs is 2. The third-order valence-electron chi connectivity index (χ3n) is 3.49. The average molecular weight is 240 g/mol. The minimum atomic E-state index is -0.330. The van der Waals surface area contributed by atoms with E-state index in [0.717, 1.165) is 25.7 Å². The van der Waals surface area contributed by atoms with Crippen LogP contribution in [-0.2, 0) is 4.79 Å². The summed E-state index contributed by atoms with van der Waals surface area (Å²) in [6.07, 6.45) is 6.24. The van der Waals surface area contributed by atoms with Crippen molar-refractivity contribution in [3.8, 4) is 0 Å². The summed E-state index contributed by atoms with van der Waals surface area (Å²) >= 11 is 0. The number of hydrogen-bond acceptors (Lipinski definition) is 2. The Hall–Kier alpha value is 0.01000.